The molecule has 0 heterocycles. The van der Waals surface area contributed by atoms with Crippen LogP contribution in [-0.2, 0) is 20.9 Å². The molecule has 1 rings (SSSR count). The number of amides is 1. The molecule has 1 aromatic carbocycles. The highest BCUT2D eigenvalue weighted by atomic mass is 16.9. The smallest absolute Gasteiger partial charge is 0.221 e. The Labute approximate surface area is 114 Å². The first-order chi connectivity index (χ1) is 9.12. The first kappa shape index (κ1) is 15.5. The van der Waals surface area contributed by atoms with Gasteiger partial charge in [0, 0.05) is 12.6 Å². The summed E-state index contributed by atoms with van der Waals surface area (Å²) in [6.45, 7) is 8.36. The van der Waals surface area contributed by atoms with E-state index in [0.29, 0.717) is 13.2 Å². The number of carbonyl (C=O) groups is 1. The summed E-state index contributed by atoms with van der Waals surface area (Å²) in [6.07, 6.45) is 0.854. The van der Waals surface area contributed by atoms with Crippen LogP contribution in [0.25, 0.3) is 0 Å². The van der Waals surface area contributed by atoms with Crippen LogP contribution in [-0.4, -0.2) is 19.1 Å². The summed E-state index contributed by atoms with van der Waals surface area (Å²) in [4.78, 5) is 22.1. The van der Waals surface area contributed by atoms with Crippen LogP contribution >= 0.6 is 0 Å². The third-order valence-electron chi connectivity index (χ3n) is 2.48. The summed E-state index contributed by atoms with van der Waals surface area (Å²) in [5.74, 6) is -0.102. The van der Waals surface area contributed by atoms with Crippen LogP contribution < -0.4 is 10.5 Å². The zero-order valence-electron chi connectivity index (χ0n) is 12.0. The molecule has 1 aromatic rings. The van der Waals surface area contributed by atoms with Crippen LogP contribution in [0.4, 0.5) is 11.4 Å². The Bertz CT molecular complexity index is 415. The fourth-order valence-electron chi connectivity index (χ4n) is 1.72. The van der Waals surface area contributed by atoms with Crippen molar-refractivity contribution in [2.24, 2.45) is 0 Å². The second-order valence-corrected chi connectivity index (χ2v) is 3.97. The van der Waals surface area contributed by atoms with Gasteiger partial charge in [0.05, 0.1) is 18.9 Å². The van der Waals surface area contributed by atoms with E-state index in [4.69, 9.17) is 9.68 Å². The van der Waals surface area contributed by atoms with E-state index in [1.807, 2.05) is 32.0 Å². The first-order valence-corrected chi connectivity index (χ1v) is 6.58. The van der Waals surface area contributed by atoms with Crippen molar-refractivity contribution >= 4 is 17.3 Å². The minimum Gasteiger partial charge on any atom is -0.326 e. The largest absolute Gasteiger partial charge is 0.326 e. The van der Waals surface area contributed by atoms with Gasteiger partial charge in [0.2, 0.25) is 5.91 Å². The molecule has 0 unspecified atom stereocenters. The van der Waals surface area contributed by atoms with Gasteiger partial charge in [-0.25, -0.2) is 9.68 Å². The van der Waals surface area contributed by atoms with E-state index in [1.54, 1.807) is 0 Å². The van der Waals surface area contributed by atoms with Gasteiger partial charge in [-0.2, -0.15) is 0 Å². The van der Waals surface area contributed by atoms with Crippen molar-refractivity contribution in [3.05, 3.63) is 23.8 Å². The standard InChI is InChI=1S/C14H22N2O3/c1-5-12-8-9-13(15-11(4)17)10-14(12)16(18-6-2)19-7-3/h8-10H,5-7H2,1-4H3,(H,15,17). The van der Waals surface area contributed by atoms with Crippen LogP contribution in [0.2, 0.25) is 0 Å². The molecule has 0 aliphatic heterocycles. The van der Waals surface area contributed by atoms with E-state index >= 15 is 0 Å². The number of carbonyl (C=O) groups excluding carboxylic acids is 1. The van der Waals surface area contributed by atoms with Crippen LogP contribution in [0.15, 0.2) is 18.2 Å². The molecule has 0 aliphatic rings. The maximum Gasteiger partial charge on any atom is 0.221 e. The number of aryl methyl sites for hydroxylation is 1. The third-order valence-corrected chi connectivity index (χ3v) is 2.48. The lowest BCUT2D eigenvalue weighted by Crippen LogP contribution is -2.25. The highest BCUT2D eigenvalue weighted by Gasteiger charge is 2.13. The van der Waals surface area contributed by atoms with Gasteiger partial charge in [0.15, 0.2) is 0 Å². The Hall–Kier alpha value is -1.59. The molecule has 5 nitrogen and oxygen atoms in total. The number of hydrogen-bond donors (Lipinski definition) is 1. The minimum absolute atomic E-state index is 0.102. The van der Waals surface area contributed by atoms with E-state index < -0.39 is 0 Å². The van der Waals surface area contributed by atoms with Crippen LogP contribution in [0.3, 0.4) is 0 Å². The van der Waals surface area contributed by atoms with Gasteiger partial charge in [-0.05, 0) is 38.0 Å². The average molecular weight is 266 g/mol. The molecule has 0 bridgehead atoms. The van der Waals surface area contributed by atoms with E-state index in [1.165, 1.54) is 12.2 Å². The molecule has 1 amide bonds. The lowest BCUT2D eigenvalue weighted by atomic mass is 10.1. The van der Waals surface area contributed by atoms with Gasteiger partial charge in [-0.15, -0.1) is 5.23 Å². The SMILES string of the molecule is CCON(OCC)c1cc(NC(C)=O)ccc1CC. The number of nitrogens with zero attached hydrogens (tertiary/aromatic N) is 1. The number of anilines is 2. The summed E-state index contributed by atoms with van der Waals surface area (Å²) < 4.78 is 0. The quantitative estimate of drug-likeness (QED) is 0.771. The monoisotopic (exact) mass is 266 g/mol. The summed E-state index contributed by atoms with van der Waals surface area (Å²) in [7, 11) is 0. The molecule has 106 valence electrons. The first-order valence-electron chi connectivity index (χ1n) is 6.58. The normalized spacial score (nSPS) is 10.3. The van der Waals surface area contributed by atoms with Crippen molar-refractivity contribution in [3.8, 4) is 0 Å². The van der Waals surface area contributed by atoms with Crippen molar-refractivity contribution < 1.29 is 14.5 Å². The molecular weight excluding hydrogens is 244 g/mol. The van der Waals surface area contributed by atoms with Crippen molar-refractivity contribution in [2.45, 2.75) is 34.1 Å². The molecular formula is C14H22N2O3. The summed E-state index contributed by atoms with van der Waals surface area (Å²) in [6, 6.07) is 5.69. The Morgan fingerprint density at radius 3 is 2.32 bits per heavy atom. The minimum atomic E-state index is -0.102. The molecule has 0 radical (unpaired) electrons. The molecule has 0 saturated heterocycles. The molecule has 19 heavy (non-hydrogen) atoms. The average Bonchev–Trinajstić information content (AvgIpc) is 2.38. The maximum absolute atomic E-state index is 11.1. The van der Waals surface area contributed by atoms with Gasteiger partial charge in [0.25, 0.3) is 0 Å². The molecule has 0 aliphatic carbocycles. The zero-order valence-corrected chi connectivity index (χ0v) is 12.0. The van der Waals surface area contributed by atoms with Gasteiger partial charge >= 0.3 is 0 Å². The summed E-state index contributed by atoms with van der Waals surface area (Å²) >= 11 is 0. The lowest BCUT2D eigenvalue weighted by molar-refractivity contribution is -0.114. The Balaban J connectivity index is 3.07. The van der Waals surface area contributed by atoms with Crippen LogP contribution in [0, 0.1) is 0 Å². The molecule has 0 atom stereocenters. The van der Waals surface area contributed by atoms with Crippen molar-refractivity contribution in [1.29, 1.82) is 0 Å². The zero-order chi connectivity index (χ0) is 14.3. The molecule has 5 heteroatoms. The number of benzene rings is 1. The van der Waals surface area contributed by atoms with E-state index in [-0.39, 0.29) is 5.91 Å². The second-order valence-electron chi connectivity index (χ2n) is 3.97. The van der Waals surface area contributed by atoms with E-state index in [9.17, 15) is 4.79 Å². The van der Waals surface area contributed by atoms with Crippen LogP contribution in [0.5, 0.6) is 0 Å². The summed E-state index contributed by atoms with van der Waals surface area (Å²) in [5, 5.41) is 4.18. The molecule has 0 fully saturated rings. The predicted octanol–water partition coefficient (Wildman–Crippen LogP) is 2.92. The lowest BCUT2D eigenvalue weighted by Gasteiger charge is -2.24. The Morgan fingerprint density at radius 2 is 1.84 bits per heavy atom. The molecule has 1 N–H and O–H groups in total. The van der Waals surface area contributed by atoms with E-state index in [2.05, 4.69) is 12.2 Å². The van der Waals surface area contributed by atoms with Gasteiger partial charge in [0.1, 0.15) is 0 Å². The highest BCUT2D eigenvalue weighted by Crippen LogP contribution is 2.26. The third kappa shape index (κ3) is 4.54. The fraction of sp³-hybridized carbons (Fsp3) is 0.500. The Morgan fingerprint density at radius 1 is 1.21 bits per heavy atom. The summed E-state index contributed by atoms with van der Waals surface area (Å²) in [5.41, 5.74) is 2.64. The van der Waals surface area contributed by atoms with E-state index in [0.717, 1.165) is 23.4 Å². The van der Waals surface area contributed by atoms with Crippen molar-refractivity contribution in [2.75, 3.05) is 23.8 Å². The second kappa shape index (κ2) is 7.76. The molecule has 0 aromatic heterocycles. The number of rotatable bonds is 7. The van der Waals surface area contributed by atoms with Crippen LogP contribution in [0.1, 0.15) is 33.3 Å². The number of nitrogens with one attached hydrogen (secondary N) is 1. The highest BCUT2D eigenvalue weighted by molar-refractivity contribution is 5.89. The van der Waals surface area contributed by atoms with Gasteiger partial charge < -0.3 is 5.32 Å². The number of hydrogen-bond acceptors (Lipinski definition) is 4. The van der Waals surface area contributed by atoms with Crippen molar-refractivity contribution in [1.82, 2.24) is 0 Å². The molecule has 0 spiro atoms. The maximum atomic E-state index is 11.1. The van der Waals surface area contributed by atoms with Gasteiger partial charge in [-0.3, -0.25) is 4.79 Å². The topological polar surface area (TPSA) is 50.8 Å². The molecule has 0 saturated carbocycles. The van der Waals surface area contributed by atoms with Crippen molar-refractivity contribution in [3.63, 3.8) is 0 Å². The Kier molecular flexibility index (Phi) is 6.32. The predicted molar refractivity (Wildman–Crippen MR) is 75.9 cm³/mol. The van der Waals surface area contributed by atoms with Gasteiger partial charge in [-0.1, -0.05) is 13.0 Å². The fourth-order valence-corrected chi connectivity index (χ4v) is 1.72.